The predicted molar refractivity (Wildman–Crippen MR) is 117 cm³/mol. The van der Waals surface area contributed by atoms with Crippen LogP contribution in [0.4, 0.5) is 0 Å². The minimum absolute atomic E-state index is 0.184. The molecule has 0 spiro atoms. The van der Waals surface area contributed by atoms with Gasteiger partial charge in [0.25, 0.3) is 0 Å². The highest BCUT2D eigenvalue weighted by Gasteiger charge is 2.21. The van der Waals surface area contributed by atoms with Crippen LogP contribution in [0.3, 0.4) is 0 Å². The molecular formula is C24H32O6. The fourth-order valence-electron chi connectivity index (χ4n) is 2.77. The normalized spacial score (nSPS) is 13.5. The molecule has 1 unspecified atom stereocenters. The molecule has 0 aliphatic rings. The Hall–Kier alpha value is -2.89. The second-order valence-corrected chi connectivity index (χ2v) is 7.40. The predicted octanol–water partition coefficient (Wildman–Crippen LogP) is 5.22. The van der Waals surface area contributed by atoms with Gasteiger partial charge in [-0.15, -0.1) is 0 Å². The number of ketones is 1. The number of ether oxygens (including phenoxy) is 1. The van der Waals surface area contributed by atoms with Crippen molar-refractivity contribution >= 4 is 11.8 Å². The molecule has 1 aromatic heterocycles. The number of hydrogen-bond donors (Lipinski definition) is 1. The summed E-state index contributed by atoms with van der Waals surface area (Å²) in [5, 5.41) is 10.3. The van der Waals surface area contributed by atoms with Crippen LogP contribution in [-0.2, 0) is 9.53 Å². The van der Waals surface area contributed by atoms with Crippen LogP contribution in [0.15, 0.2) is 50.7 Å². The van der Waals surface area contributed by atoms with Crippen molar-refractivity contribution < 1.29 is 23.8 Å². The van der Waals surface area contributed by atoms with Crippen molar-refractivity contribution in [2.45, 2.75) is 65.7 Å². The molecular weight excluding hydrogens is 384 g/mol. The fourth-order valence-corrected chi connectivity index (χ4v) is 2.77. The first-order valence-electron chi connectivity index (χ1n) is 10.2. The summed E-state index contributed by atoms with van der Waals surface area (Å²) in [6.07, 6.45) is 10.8. The summed E-state index contributed by atoms with van der Waals surface area (Å²) < 4.78 is 9.82. The summed E-state index contributed by atoms with van der Waals surface area (Å²) in [6, 6.07) is 1.32. The smallest absolute Gasteiger partial charge is 0.351 e. The average Bonchev–Trinajstić information content (AvgIpc) is 2.72. The summed E-state index contributed by atoms with van der Waals surface area (Å²) in [6.45, 7) is 7.55. The van der Waals surface area contributed by atoms with Crippen LogP contribution in [0.25, 0.3) is 0 Å². The maximum atomic E-state index is 12.6. The second kappa shape index (κ2) is 12.6. The quantitative estimate of drug-likeness (QED) is 0.230. The van der Waals surface area contributed by atoms with Gasteiger partial charge in [-0.05, 0) is 45.1 Å². The van der Waals surface area contributed by atoms with Crippen molar-refractivity contribution in [3.8, 4) is 5.75 Å². The van der Waals surface area contributed by atoms with Gasteiger partial charge in [0.15, 0.2) is 5.78 Å². The van der Waals surface area contributed by atoms with Crippen LogP contribution < -0.4 is 5.63 Å². The monoisotopic (exact) mass is 416 g/mol. The molecule has 164 valence electrons. The van der Waals surface area contributed by atoms with Crippen LogP contribution in [0.2, 0.25) is 0 Å². The largest absolute Gasteiger partial charge is 0.507 e. The molecule has 6 heteroatoms. The van der Waals surface area contributed by atoms with Gasteiger partial charge in [0, 0.05) is 18.1 Å². The number of Topliss-reactive ketones (excluding diaryl/α,β-unsaturated/α-hetero) is 1. The van der Waals surface area contributed by atoms with Gasteiger partial charge in [0.2, 0.25) is 0 Å². The van der Waals surface area contributed by atoms with E-state index in [0.29, 0.717) is 18.4 Å². The van der Waals surface area contributed by atoms with Crippen LogP contribution >= 0.6 is 0 Å². The number of rotatable bonds is 11. The van der Waals surface area contributed by atoms with E-state index < -0.39 is 17.4 Å². The third-order valence-corrected chi connectivity index (χ3v) is 4.78. The van der Waals surface area contributed by atoms with Crippen LogP contribution in [0, 0.1) is 0 Å². The van der Waals surface area contributed by atoms with E-state index in [2.05, 4.69) is 11.7 Å². The van der Waals surface area contributed by atoms with E-state index in [1.807, 2.05) is 19.9 Å². The number of unbranched alkanes of at least 4 members (excludes halogenated alkanes) is 1. The Bertz CT molecular complexity index is 885. The van der Waals surface area contributed by atoms with Crippen LogP contribution in [-0.4, -0.2) is 24.0 Å². The van der Waals surface area contributed by atoms with E-state index in [-0.39, 0.29) is 23.0 Å². The molecule has 0 aliphatic heterocycles. The minimum atomic E-state index is -0.855. The summed E-state index contributed by atoms with van der Waals surface area (Å²) >= 11 is 0. The first kappa shape index (κ1) is 25.1. The number of aromatic hydroxyl groups is 1. The molecule has 0 aromatic carbocycles. The summed E-state index contributed by atoms with van der Waals surface area (Å²) in [5.74, 6) is -1.27. The Balaban J connectivity index is 2.94. The second-order valence-electron chi connectivity index (χ2n) is 7.40. The molecule has 0 radical (unpaired) electrons. The van der Waals surface area contributed by atoms with Gasteiger partial charge in [-0.2, -0.15) is 0 Å². The number of carbonyl (C=O) groups excluding carboxylic acids is 2. The average molecular weight is 417 g/mol. The molecule has 0 fully saturated rings. The third kappa shape index (κ3) is 7.85. The Kier molecular flexibility index (Phi) is 10.6. The SMILES string of the molecule is CCCC/C(C)=C/C=C(\C)C(=O)c1c(O)cc(C(C)CC/C=C/C(=O)OC)oc1=O. The van der Waals surface area contributed by atoms with Crippen molar-refractivity contribution in [1.29, 1.82) is 0 Å². The molecule has 1 atom stereocenters. The van der Waals surface area contributed by atoms with Crippen molar-refractivity contribution in [3.63, 3.8) is 0 Å². The maximum Gasteiger partial charge on any atom is 0.351 e. The lowest BCUT2D eigenvalue weighted by molar-refractivity contribution is -0.134. The van der Waals surface area contributed by atoms with E-state index >= 15 is 0 Å². The Labute approximate surface area is 177 Å². The van der Waals surface area contributed by atoms with Crippen molar-refractivity contribution in [3.05, 3.63) is 63.3 Å². The highest BCUT2D eigenvalue weighted by molar-refractivity contribution is 6.09. The molecule has 0 saturated carbocycles. The van der Waals surface area contributed by atoms with Crippen molar-refractivity contribution in [2.75, 3.05) is 7.11 Å². The lowest BCUT2D eigenvalue weighted by atomic mass is 9.99. The van der Waals surface area contributed by atoms with E-state index in [0.717, 1.165) is 24.8 Å². The van der Waals surface area contributed by atoms with Gasteiger partial charge in [0.1, 0.15) is 17.1 Å². The molecule has 0 aliphatic carbocycles. The van der Waals surface area contributed by atoms with Gasteiger partial charge in [0.05, 0.1) is 7.11 Å². The van der Waals surface area contributed by atoms with E-state index in [1.165, 1.54) is 19.3 Å². The van der Waals surface area contributed by atoms with E-state index in [1.54, 1.807) is 19.1 Å². The number of hydrogen-bond acceptors (Lipinski definition) is 6. The van der Waals surface area contributed by atoms with E-state index in [4.69, 9.17) is 4.42 Å². The van der Waals surface area contributed by atoms with E-state index in [9.17, 15) is 19.5 Å². The van der Waals surface area contributed by atoms with Gasteiger partial charge in [-0.1, -0.05) is 44.1 Å². The number of methoxy groups -OCH3 is 1. The molecule has 6 nitrogen and oxygen atoms in total. The summed E-state index contributed by atoms with van der Waals surface area (Å²) in [7, 11) is 1.30. The maximum absolute atomic E-state index is 12.6. The summed E-state index contributed by atoms with van der Waals surface area (Å²) in [5.41, 5.74) is 0.282. The zero-order valence-electron chi connectivity index (χ0n) is 18.5. The van der Waals surface area contributed by atoms with Crippen LogP contribution in [0.5, 0.6) is 5.75 Å². The topological polar surface area (TPSA) is 93.8 Å². The summed E-state index contributed by atoms with van der Waals surface area (Å²) in [4.78, 5) is 36.1. The van der Waals surface area contributed by atoms with Gasteiger partial charge in [-0.3, -0.25) is 4.79 Å². The zero-order chi connectivity index (χ0) is 22.7. The molecule has 0 bridgehead atoms. The number of esters is 1. The van der Waals surface area contributed by atoms with Crippen LogP contribution in [0.1, 0.15) is 81.8 Å². The lowest BCUT2D eigenvalue weighted by Gasteiger charge is -2.11. The highest BCUT2D eigenvalue weighted by atomic mass is 16.5. The Morgan fingerprint density at radius 2 is 1.97 bits per heavy atom. The zero-order valence-corrected chi connectivity index (χ0v) is 18.5. The minimum Gasteiger partial charge on any atom is -0.507 e. The van der Waals surface area contributed by atoms with Gasteiger partial charge in [-0.25, -0.2) is 9.59 Å². The molecule has 1 heterocycles. The highest BCUT2D eigenvalue weighted by Crippen LogP contribution is 2.26. The van der Waals surface area contributed by atoms with Crippen molar-refractivity contribution in [1.82, 2.24) is 0 Å². The standard InChI is InChI=1S/C24H32O6/c1-6-7-10-16(2)13-14-18(4)23(27)22-19(25)15-20(30-24(22)28)17(3)11-8-9-12-21(26)29-5/h9,12-15,17,25H,6-8,10-11H2,1-5H3/b12-9+,16-13+,18-14+. The molecule has 1 N–H and O–H groups in total. The Morgan fingerprint density at radius 1 is 1.27 bits per heavy atom. The van der Waals surface area contributed by atoms with Gasteiger partial charge >= 0.3 is 11.6 Å². The third-order valence-electron chi connectivity index (χ3n) is 4.78. The molecule has 0 saturated heterocycles. The molecule has 1 rings (SSSR count). The fraction of sp³-hybridized carbons (Fsp3) is 0.458. The Morgan fingerprint density at radius 3 is 2.57 bits per heavy atom. The van der Waals surface area contributed by atoms with Crippen molar-refractivity contribution in [2.24, 2.45) is 0 Å². The number of allylic oxidation sites excluding steroid dienone is 5. The first-order chi connectivity index (χ1) is 14.2. The number of carbonyl (C=O) groups is 2. The molecule has 0 amide bonds. The molecule has 30 heavy (non-hydrogen) atoms. The van der Waals surface area contributed by atoms with Gasteiger partial charge < -0.3 is 14.3 Å². The lowest BCUT2D eigenvalue weighted by Crippen LogP contribution is -2.16. The first-order valence-corrected chi connectivity index (χ1v) is 10.2. The molecule has 1 aromatic rings.